The van der Waals surface area contributed by atoms with Crippen LogP contribution in [0.2, 0.25) is 0 Å². The molecule has 2 rings (SSSR count). The van der Waals surface area contributed by atoms with E-state index in [-0.39, 0.29) is 12.8 Å². The topological polar surface area (TPSA) is 46.2 Å². The summed E-state index contributed by atoms with van der Waals surface area (Å²) in [6.45, 7) is 0. The van der Waals surface area contributed by atoms with Crippen LogP contribution < -0.4 is 4.72 Å². The zero-order valence-electron chi connectivity index (χ0n) is 9.31. The molecule has 3 nitrogen and oxygen atoms in total. The molecule has 0 aliphatic carbocycles. The zero-order chi connectivity index (χ0) is 13.4. The van der Waals surface area contributed by atoms with Crippen molar-refractivity contribution >= 4 is 10.0 Å². The van der Waals surface area contributed by atoms with Gasteiger partial charge in [-0.25, -0.2) is 13.1 Å². The fraction of sp³-hybridized carbons (Fsp3) is 0.455. The van der Waals surface area contributed by atoms with Gasteiger partial charge in [0.1, 0.15) is 11.3 Å². The van der Waals surface area contributed by atoms with E-state index >= 15 is 0 Å². The number of hydrogen-bond donors (Lipinski definition) is 1. The molecule has 1 aromatic rings. The second kappa shape index (κ2) is 4.55. The van der Waals surface area contributed by atoms with Crippen LogP contribution in [0.1, 0.15) is 23.7 Å². The second-order valence-corrected chi connectivity index (χ2v) is 6.13. The van der Waals surface area contributed by atoms with Crippen molar-refractivity contribution in [1.82, 2.24) is 4.72 Å². The van der Waals surface area contributed by atoms with Crippen molar-refractivity contribution in [1.29, 1.82) is 0 Å². The molecule has 2 unspecified atom stereocenters. The largest absolute Gasteiger partial charge is 0.404 e. The van der Waals surface area contributed by atoms with E-state index in [1.807, 2.05) is 0 Å². The van der Waals surface area contributed by atoms with Gasteiger partial charge in [0.05, 0.1) is 0 Å². The highest BCUT2D eigenvalue weighted by Gasteiger charge is 2.47. The molecule has 100 valence electrons. The van der Waals surface area contributed by atoms with Crippen LogP contribution in [0.25, 0.3) is 0 Å². The van der Waals surface area contributed by atoms with Crippen molar-refractivity contribution < 1.29 is 21.6 Å². The summed E-state index contributed by atoms with van der Waals surface area (Å²) in [6, 6.07) is 6.31. The highest BCUT2D eigenvalue weighted by molar-refractivity contribution is 7.89. The Morgan fingerprint density at radius 2 is 1.72 bits per heavy atom. The number of benzene rings is 1. The minimum absolute atomic E-state index is 0.0243. The number of alkyl halides is 3. The summed E-state index contributed by atoms with van der Waals surface area (Å²) in [7, 11) is -3.98. The SMILES string of the molecule is O=S1(=O)NC(C(F)(F)F)CCC1c1ccccc1. The molecule has 1 aliphatic rings. The van der Waals surface area contributed by atoms with Crippen molar-refractivity contribution in [3.63, 3.8) is 0 Å². The zero-order valence-corrected chi connectivity index (χ0v) is 10.1. The van der Waals surface area contributed by atoms with E-state index < -0.39 is 27.5 Å². The van der Waals surface area contributed by atoms with Gasteiger partial charge in [0.15, 0.2) is 0 Å². The average molecular weight is 279 g/mol. The average Bonchev–Trinajstić information content (AvgIpc) is 2.27. The third-order valence-electron chi connectivity index (χ3n) is 2.97. The van der Waals surface area contributed by atoms with Crippen LogP contribution in [-0.2, 0) is 10.0 Å². The Balaban J connectivity index is 2.24. The lowest BCUT2D eigenvalue weighted by atomic mass is 10.0. The minimum Gasteiger partial charge on any atom is -0.212 e. The Kier molecular flexibility index (Phi) is 3.37. The van der Waals surface area contributed by atoms with Gasteiger partial charge < -0.3 is 0 Å². The van der Waals surface area contributed by atoms with E-state index in [1.54, 1.807) is 35.1 Å². The molecule has 0 bridgehead atoms. The van der Waals surface area contributed by atoms with Crippen LogP contribution in [0.3, 0.4) is 0 Å². The summed E-state index contributed by atoms with van der Waals surface area (Å²) in [5.41, 5.74) is 0.519. The molecule has 1 aliphatic heterocycles. The van der Waals surface area contributed by atoms with Crippen molar-refractivity contribution in [2.24, 2.45) is 0 Å². The quantitative estimate of drug-likeness (QED) is 0.858. The van der Waals surface area contributed by atoms with Gasteiger partial charge in [0, 0.05) is 0 Å². The molecule has 0 aromatic heterocycles. The van der Waals surface area contributed by atoms with Crippen LogP contribution in [0, 0.1) is 0 Å². The lowest BCUT2D eigenvalue weighted by Crippen LogP contribution is -2.50. The standard InChI is InChI=1S/C11H12F3NO2S/c12-11(13,14)10-7-6-9(18(16,17)15-10)8-4-2-1-3-5-8/h1-5,9-10,15H,6-7H2. The molecule has 18 heavy (non-hydrogen) atoms. The highest BCUT2D eigenvalue weighted by atomic mass is 32.2. The van der Waals surface area contributed by atoms with Gasteiger partial charge in [-0.3, -0.25) is 0 Å². The fourth-order valence-electron chi connectivity index (χ4n) is 2.06. The molecule has 1 heterocycles. The fourth-order valence-corrected chi connectivity index (χ4v) is 3.83. The van der Waals surface area contributed by atoms with Gasteiger partial charge in [-0.05, 0) is 18.4 Å². The Morgan fingerprint density at radius 1 is 1.11 bits per heavy atom. The van der Waals surface area contributed by atoms with Crippen LogP contribution >= 0.6 is 0 Å². The van der Waals surface area contributed by atoms with E-state index in [9.17, 15) is 21.6 Å². The number of halogens is 3. The van der Waals surface area contributed by atoms with E-state index in [1.165, 1.54) is 0 Å². The van der Waals surface area contributed by atoms with Crippen LogP contribution in [0.15, 0.2) is 30.3 Å². The number of hydrogen-bond acceptors (Lipinski definition) is 2. The third kappa shape index (κ3) is 2.67. The maximum absolute atomic E-state index is 12.5. The van der Waals surface area contributed by atoms with Gasteiger partial charge in [0.25, 0.3) is 0 Å². The molecule has 1 aromatic carbocycles. The first kappa shape index (κ1) is 13.4. The first-order valence-corrected chi connectivity index (χ1v) is 6.98. The maximum Gasteiger partial charge on any atom is 0.404 e. The minimum atomic E-state index is -4.53. The number of sulfonamides is 1. The summed E-state index contributed by atoms with van der Waals surface area (Å²) >= 11 is 0. The summed E-state index contributed by atoms with van der Waals surface area (Å²) in [4.78, 5) is 0. The molecule has 0 saturated carbocycles. The van der Waals surface area contributed by atoms with Gasteiger partial charge in [0.2, 0.25) is 10.0 Å². The summed E-state index contributed by atoms with van der Waals surface area (Å²) < 4.78 is 62.8. The van der Waals surface area contributed by atoms with Crippen LogP contribution in [0.4, 0.5) is 13.2 Å². The van der Waals surface area contributed by atoms with Gasteiger partial charge in [-0.15, -0.1) is 0 Å². The number of nitrogens with one attached hydrogen (secondary N) is 1. The lowest BCUT2D eigenvalue weighted by molar-refractivity contribution is -0.154. The van der Waals surface area contributed by atoms with E-state index in [0.717, 1.165) is 0 Å². The smallest absolute Gasteiger partial charge is 0.212 e. The molecular formula is C11H12F3NO2S. The molecule has 0 spiro atoms. The number of rotatable bonds is 1. The van der Waals surface area contributed by atoms with Crippen LogP contribution in [-0.4, -0.2) is 20.6 Å². The first-order chi connectivity index (χ1) is 8.31. The van der Waals surface area contributed by atoms with E-state index in [4.69, 9.17) is 0 Å². The predicted molar refractivity (Wildman–Crippen MR) is 60.3 cm³/mol. The Bertz CT molecular complexity index is 513. The molecule has 1 saturated heterocycles. The van der Waals surface area contributed by atoms with Gasteiger partial charge in [-0.2, -0.15) is 13.2 Å². The predicted octanol–water partition coefficient (Wildman–Crippen LogP) is 2.37. The summed E-state index contributed by atoms with van der Waals surface area (Å²) in [6.07, 6.45) is -4.79. The van der Waals surface area contributed by atoms with Gasteiger partial charge >= 0.3 is 6.18 Å². The monoisotopic (exact) mass is 279 g/mol. The van der Waals surface area contributed by atoms with Crippen molar-refractivity contribution in [3.8, 4) is 0 Å². The lowest BCUT2D eigenvalue weighted by Gasteiger charge is -2.31. The van der Waals surface area contributed by atoms with Crippen molar-refractivity contribution in [2.45, 2.75) is 30.3 Å². The summed E-state index contributed by atoms with van der Waals surface area (Å²) in [5, 5.41) is -0.905. The Hall–Kier alpha value is -1.08. The van der Waals surface area contributed by atoms with Crippen molar-refractivity contribution in [2.75, 3.05) is 0 Å². The van der Waals surface area contributed by atoms with E-state index in [2.05, 4.69) is 0 Å². The molecule has 1 N–H and O–H groups in total. The molecule has 1 fully saturated rings. The molecule has 7 heteroatoms. The van der Waals surface area contributed by atoms with Crippen LogP contribution in [0.5, 0.6) is 0 Å². The second-order valence-electron chi connectivity index (χ2n) is 4.23. The van der Waals surface area contributed by atoms with Crippen molar-refractivity contribution in [3.05, 3.63) is 35.9 Å². The summed E-state index contributed by atoms with van der Waals surface area (Å²) in [5.74, 6) is 0. The maximum atomic E-state index is 12.5. The van der Waals surface area contributed by atoms with E-state index in [0.29, 0.717) is 5.56 Å². The Morgan fingerprint density at radius 3 is 2.22 bits per heavy atom. The first-order valence-electron chi connectivity index (χ1n) is 5.43. The normalized spacial score (nSPS) is 27.9. The molecule has 0 amide bonds. The molecule has 2 atom stereocenters. The molecule has 0 radical (unpaired) electrons. The Labute approximate surface area is 103 Å². The third-order valence-corrected chi connectivity index (χ3v) is 4.84. The highest BCUT2D eigenvalue weighted by Crippen LogP contribution is 2.36. The van der Waals surface area contributed by atoms with Gasteiger partial charge in [-0.1, -0.05) is 30.3 Å². The molecular weight excluding hydrogens is 267 g/mol.